The molecule has 2 rings (SSSR count). The van der Waals surface area contributed by atoms with E-state index >= 15 is 0 Å². The lowest BCUT2D eigenvalue weighted by atomic mass is 10.1. The van der Waals surface area contributed by atoms with Crippen LogP contribution in [0.2, 0.25) is 0 Å². The monoisotopic (exact) mass is 216 g/mol. The number of aromatic nitrogens is 1. The number of oxazole rings is 1. The number of hydrogen-bond donors (Lipinski definition) is 1. The number of aryl methyl sites for hydroxylation is 2. The summed E-state index contributed by atoms with van der Waals surface area (Å²) in [5, 5.41) is 3.07. The molecule has 0 fully saturated rings. The van der Waals surface area contributed by atoms with Crippen LogP contribution >= 0.6 is 0 Å². The highest BCUT2D eigenvalue weighted by atomic mass is 16.4. The maximum absolute atomic E-state index is 5.75. The molecule has 0 aliphatic rings. The van der Waals surface area contributed by atoms with Crippen LogP contribution in [0, 0.1) is 13.8 Å². The minimum absolute atomic E-state index is 0.709. The van der Waals surface area contributed by atoms with Gasteiger partial charge < -0.3 is 9.73 Å². The first kappa shape index (κ1) is 10.9. The Labute approximate surface area is 95.5 Å². The summed E-state index contributed by atoms with van der Waals surface area (Å²) in [5.74, 6) is 1.61. The van der Waals surface area contributed by atoms with Crippen molar-refractivity contribution in [2.75, 3.05) is 7.05 Å². The number of hydrogen-bond acceptors (Lipinski definition) is 3. The van der Waals surface area contributed by atoms with Crippen molar-refractivity contribution < 1.29 is 4.42 Å². The van der Waals surface area contributed by atoms with Crippen molar-refractivity contribution in [3.05, 3.63) is 41.3 Å². The Bertz CT molecular complexity index is 488. The predicted octanol–water partition coefficient (Wildman–Crippen LogP) is 2.68. The van der Waals surface area contributed by atoms with Crippen molar-refractivity contribution in [3.8, 4) is 11.5 Å². The maximum atomic E-state index is 5.75. The zero-order chi connectivity index (χ0) is 11.5. The molecule has 1 aromatic heterocycles. The molecule has 0 saturated carbocycles. The predicted molar refractivity (Wildman–Crippen MR) is 64.2 cm³/mol. The minimum Gasteiger partial charge on any atom is -0.440 e. The van der Waals surface area contributed by atoms with Crippen LogP contribution in [0.3, 0.4) is 0 Å². The molecule has 0 atom stereocenters. The van der Waals surface area contributed by atoms with Gasteiger partial charge in [0.2, 0.25) is 5.89 Å². The molecule has 1 N–H and O–H groups in total. The van der Waals surface area contributed by atoms with E-state index < -0.39 is 0 Å². The van der Waals surface area contributed by atoms with E-state index in [9.17, 15) is 0 Å². The fraction of sp³-hybridized carbons (Fsp3) is 0.308. The Hall–Kier alpha value is -1.61. The van der Waals surface area contributed by atoms with Gasteiger partial charge in [0.15, 0.2) is 0 Å². The van der Waals surface area contributed by atoms with E-state index in [2.05, 4.69) is 23.3 Å². The van der Waals surface area contributed by atoms with Crippen LogP contribution in [-0.2, 0) is 6.54 Å². The third-order valence-corrected chi connectivity index (χ3v) is 2.61. The van der Waals surface area contributed by atoms with Gasteiger partial charge in [-0.25, -0.2) is 4.98 Å². The standard InChI is InChI=1S/C13H16N2O/c1-9-6-4-5-7-11(9)13-15-10(2)12(16-13)8-14-3/h4-7,14H,8H2,1-3H3. The second kappa shape index (κ2) is 4.49. The molecular weight excluding hydrogens is 200 g/mol. The van der Waals surface area contributed by atoms with Gasteiger partial charge in [-0.1, -0.05) is 18.2 Å². The molecule has 0 saturated heterocycles. The lowest BCUT2D eigenvalue weighted by molar-refractivity contribution is 0.501. The zero-order valence-electron chi connectivity index (χ0n) is 9.87. The molecule has 0 spiro atoms. The molecule has 0 unspecified atom stereocenters. The summed E-state index contributed by atoms with van der Waals surface area (Å²) in [6.45, 7) is 4.75. The second-order valence-corrected chi connectivity index (χ2v) is 3.87. The Balaban J connectivity index is 2.42. The Morgan fingerprint density at radius 1 is 1.25 bits per heavy atom. The highest BCUT2D eigenvalue weighted by Crippen LogP contribution is 2.24. The smallest absolute Gasteiger partial charge is 0.226 e. The largest absolute Gasteiger partial charge is 0.440 e. The van der Waals surface area contributed by atoms with Gasteiger partial charge >= 0.3 is 0 Å². The van der Waals surface area contributed by atoms with Crippen LogP contribution in [0.15, 0.2) is 28.7 Å². The van der Waals surface area contributed by atoms with E-state index in [0.717, 1.165) is 17.0 Å². The van der Waals surface area contributed by atoms with Crippen LogP contribution in [0.5, 0.6) is 0 Å². The minimum atomic E-state index is 0.709. The summed E-state index contributed by atoms with van der Waals surface area (Å²) in [6.07, 6.45) is 0. The first-order chi connectivity index (χ1) is 7.72. The quantitative estimate of drug-likeness (QED) is 0.857. The molecular formula is C13H16N2O. The average molecular weight is 216 g/mol. The SMILES string of the molecule is CNCc1oc(-c2ccccc2C)nc1C. The first-order valence-electron chi connectivity index (χ1n) is 5.39. The number of rotatable bonds is 3. The number of nitrogens with zero attached hydrogens (tertiary/aromatic N) is 1. The van der Waals surface area contributed by atoms with Crippen LogP contribution in [0.25, 0.3) is 11.5 Å². The normalized spacial score (nSPS) is 10.7. The molecule has 1 aromatic carbocycles. The summed E-state index contributed by atoms with van der Waals surface area (Å²) < 4.78 is 5.75. The number of benzene rings is 1. The van der Waals surface area contributed by atoms with E-state index in [1.54, 1.807) is 0 Å². The van der Waals surface area contributed by atoms with E-state index in [4.69, 9.17) is 4.42 Å². The van der Waals surface area contributed by atoms with Gasteiger partial charge in [0.05, 0.1) is 12.2 Å². The molecule has 1 heterocycles. The van der Waals surface area contributed by atoms with E-state index in [1.807, 2.05) is 32.2 Å². The summed E-state index contributed by atoms with van der Waals surface area (Å²) >= 11 is 0. The van der Waals surface area contributed by atoms with Gasteiger partial charge in [-0.05, 0) is 32.5 Å². The van der Waals surface area contributed by atoms with Gasteiger partial charge in [0, 0.05) is 5.56 Å². The van der Waals surface area contributed by atoms with Crippen molar-refractivity contribution in [2.24, 2.45) is 0 Å². The molecule has 0 bridgehead atoms. The third kappa shape index (κ3) is 1.99. The van der Waals surface area contributed by atoms with E-state index in [1.165, 1.54) is 5.56 Å². The summed E-state index contributed by atoms with van der Waals surface area (Å²) in [4.78, 5) is 4.45. The molecule has 16 heavy (non-hydrogen) atoms. The van der Waals surface area contributed by atoms with Gasteiger partial charge in [0.1, 0.15) is 5.76 Å². The summed E-state index contributed by atoms with van der Waals surface area (Å²) in [6, 6.07) is 8.11. The summed E-state index contributed by atoms with van der Waals surface area (Å²) in [7, 11) is 1.90. The number of nitrogens with one attached hydrogen (secondary N) is 1. The highest BCUT2D eigenvalue weighted by Gasteiger charge is 2.11. The van der Waals surface area contributed by atoms with Crippen LogP contribution in [0.4, 0.5) is 0 Å². The van der Waals surface area contributed by atoms with E-state index in [0.29, 0.717) is 12.4 Å². The van der Waals surface area contributed by atoms with Crippen molar-refractivity contribution in [3.63, 3.8) is 0 Å². The lowest BCUT2D eigenvalue weighted by Crippen LogP contribution is -2.04. The van der Waals surface area contributed by atoms with Crippen molar-refractivity contribution in [2.45, 2.75) is 20.4 Å². The molecule has 0 aliphatic heterocycles. The van der Waals surface area contributed by atoms with Gasteiger partial charge in [-0.15, -0.1) is 0 Å². The Kier molecular flexibility index (Phi) is 3.06. The first-order valence-corrected chi connectivity index (χ1v) is 5.39. The molecule has 2 aromatic rings. The average Bonchev–Trinajstić information content (AvgIpc) is 2.61. The third-order valence-electron chi connectivity index (χ3n) is 2.61. The van der Waals surface area contributed by atoms with Crippen molar-refractivity contribution in [1.29, 1.82) is 0 Å². The van der Waals surface area contributed by atoms with E-state index in [-0.39, 0.29) is 0 Å². The molecule has 3 heteroatoms. The topological polar surface area (TPSA) is 38.1 Å². The molecule has 0 radical (unpaired) electrons. The zero-order valence-corrected chi connectivity index (χ0v) is 9.87. The fourth-order valence-electron chi connectivity index (χ4n) is 1.68. The van der Waals surface area contributed by atoms with Crippen molar-refractivity contribution in [1.82, 2.24) is 10.3 Å². The van der Waals surface area contributed by atoms with Crippen LogP contribution in [0.1, 0.15) is 17.0 Å². The summed E-state index contributed by atoms with van der Waals surface area (Å²) in [5.41, 5.74) is 3.19. The molecule has 84 valence electrons. The fourth-order valence-corrected chi connectivity index (χ4v) is 1.68. The second-order valence-electron chi connectivity index (χ2n) is 3.87. The highest BCUT2D eigenvalue weighted by molar-refractivity contribution is 5.58. The lowest BCUT2D eigenvalue weighted by Gasteiger charge is -1.99. The van der Waals surface area contributed by atoms with Crippen molar-refractivity contribution >= 4 is 0 Å². The van der Waals surface area contributed by atoms with Crippen LogP contribution < -0.4 is 5.32 Å². The van der Waals surface area contributed by atoms with Gasteiger partial charge in [-0.3, -0.25) is 0 Å². The maximum Gasteiger partial charge on any atom is 0.226 e. The molecule has 0 amide bonds. The molecule has 0 aliphatic carbocycles. The Morgan fingerprint density at radius 2 is 2.00 bits per heavy atom. The molecule has 3 nitrogen and oxygen atoms in total. The Morgan fingerprint density at radius 3 is 2.69 bits per heavy atom. The van der Waals surface area contributed by atoms with Crippen LogP contribution in [-0.4, -0.2) is 12.0 Å². The van der Waals surface area contributed by atoms with Gasteiger partial charge in [0.25, 0.3) is 0 Å². The van der Waals surface area contributed by atoms with Gasteiger partial charge in [-0.2, -0.15) is 0 Å².